The highest BCUT2D eigenvalue weighted by atomic mass is 14.5. The number of benzene rings is 1. The van der Waals surface area contributed by atoms with E-state index in [4.69, 9.17) is 5.73 Å². The molecule has 0 amide bonds. The van der Waals surface area contributed by atoms with Crippen LogP contribution in [0.15, 0.2) is 18.2 Å². The van der Waals surface area contributed by atoms with Crippen molar-refractivity contribution in [1.82, 2.24) is 0 Å². The number of rotatable bonds is 5. The van der Waals surface area contributed by atoms with Crippen molar-refractivity contribution in [2.24, 2.45) is 0 Å². The average Bonchev–Trinajstić information content (AvgIpc) is 3.12. The third-order valence-electron chi connectivity index (χ3n) is 3.55. The van der Waals surface area contributed by atoms with E-state index >= 15 is 0 Å². The van der Waals surface area contributed by atoms with Crippen LogP contribution in [0.4, 0.5) is 5.69 Å². The van der Waals surface area contributed by atoms with Gasteiger partial charge in [0.2, 0.25) is 0 Å². The van der Waals surface area contributed by atoms with E-state index in [2.05, 4.69) is 38.1 Å². The molecule has 1 fully saturated rings. The fourth-order valence-corrected chi connectivity index (χ4v) is 2.31. The molecule has 1 aromatic carbocycles. The molecule has 1 aromatic rings. The summed E-state index contributed by atoms with van der Waals surface area (Å²) in [5.74, 6) is 0.779. The average molecular weight is 229 g/mol. The Morgan fingerprint density at radius 2 is 2.12 bits per heavy atom. The molecule has 1 saturated carbocycles. The molecular weight excluding hydrogens is 206 g/mol. The summed E-state index contributed by atoms with van der Waals surface area (Å²) in [6.45, 7) is 4.46. The molecular formula is C16H23N. The standard InChI is InChI=1S/C16H23N/c1-3-4-5-6-7-14-10-15(17)11-16(12(14)2)13-8-9-13/h6-7,10-11,13H,3-5,8-9,17H2,1-2H3/b7-6-. The van der Waals surface area contributed by atoms with Gasteiger partial charge in [0.15, 0.2) is 0 Å². The van der Waals surface area contributed by atoms with Crippen molar-refractivity contribution < 1.29 is 0 Å². The molecule has 1 heteroatoms. The van der Waals surface area contributed by atoms with Gasteiger partial charge in [-0.25, -0.2) is 0 Å². The Morgan fingerprint density at radius 3 is 2.76 bits per heavy atom. The predicted octanol–water partition coefficient (Wildman–Crippen LogP) is 4.66. The molecule has 0 saturated heterocycles. The van der Waals surface area contributed by atoms with E-state index in [0.717, 1.165) is 11.6 Å². The van der Waals surface area contributed by atoms with Crippen LogP contribution in [0.2, 0.25) is 0 Å². The Hall–Kier alpha value is -1.24. The molecule has 1 aliphatic rings. The number of hydrogen-bond donors (Lipinski definition) is 1. The lowest BCUT2D eigenvalue weighted by Gasteiger charge is -2.09. The van der Waals surface area contributed by atoms with Gasteiger partial charge in [-0.15, -0.1) is 0 Å². The van der Waals surface area contributed by atoms with E-state index in [-0.39, 0.29) is 0 Å². The van der Waals surface area contributed by atoms with Crippen molar-refractivity contribution in [1.29, 1.82) is 0 Å². The topological polar surface area (TPSA) is 26.0 Å². The number of unbranched alkanes of at least 4 members (excludes halogenated alkanes) is 2. The molecule has 0 aromatic heterocycles. The van der Waals surface area contributed by atoms with E-state index < -0.39 is 0 Å². The molecule has 2 N–H and O–H groups in total. The van der Waals surface area contributed by atoms with E-state index in [1.807, 2.05) is 0 Å². The number of hydrogen-bond acceptors (Lipinski definition) is 1. The zero-order valence-electron chi connectivity index (χ0n) is 11.0. The highest BCUT2D eigenvalue weighted by Crippen LogP contribution is 2.43. The Morgan fingerprint density at radius 1 is 1.35 bits per heavy atom. The summed E-state index contributed by atoms with van der Waals surface area (Å²) in [5, 5.41) is 0. The maximum atomic E-state index is 5.99. The maximum absolute atomic E-state index is 5.99. The highest BCUT2D eigenvalue weighted by molar-refractivity contribution is 5.62. The summed E-state index contributed by atoms with van der Waals surface area (Å²) in [4.78, 5) is 0. The van der Waals surface area contributed by atoms with Crippen LogP contribution in [0.1, 0.15) is 61.6 Å². The van der Waals surface area contributed by atoms with Gasteiger partial charge in [0.05, 0.1) is 0 Å². The molecule has 1 aliphatic carbocycles. The van der Waals surface area contributed by atoms with Gasteiger partial charge in [-0.3, -0.25) is 0 Å². The summed E-state index contributed by atoms with van der Waals surface area (Å²) in [7, 11) is 0. The first-order valence-corrected chi connectivity index (χ1v) is 6.79. The fraction of sp³-hybridized carbons (Fsp3) is 0.500. The van der Waals surface area contributed by atoms with E-state index in [1.54, 1.807) is 0 Å². The van der Waals surface area contributed by atoms with Crippen LogP contribution in [-0.4, -0.2) is 0 Å². The smallest absolute Gasteiger partial charge is 0.0323 e. The molecule has 17 heavy (non-hydrogen) atoms. The first kappa shape index (κ1) is 12.2. The third kappa shape index (κ3) is 3.12. The van der Waals surface area contributed by atoms with Crippen molar-refractivity contribution >= 4 is 11.8 Å². The Labute approximate surface area is 105 Å². The van der Waals surface area contributed by atoms with Crippen molar-refractivity contribution in [3.8, 4) is 0 Å². The molecule has 0 heterocycles. The lowest BCUT2D eigenvalue weighted by atomic mass is 9.97. The van der Waals surface area contributed by atoms with Crippen LogP contribution in [-0.2, 0) is 0 Å². The monoisotopic (exact) mass is 229 g/mol. The van der Waals surface area contributed by atoms with Crippen molar-refractivity contribution in [3.63, 3.8) is 0 Å². The molecule has 0 spiro atoms. The van der Waals surface area contributed by atoms with E-state index in [1.165, 1.54) is 48.8 Å². The highest BCUT2D eigenvalue weighted by Gasteiger charge is 2.25. The number of anilines is 1. The minimum absolute atomic E-state index is 0.779. The zero-order chi connectivity index (χ0) is 12.3. The minimum atomic E-state index is 0.779. The minimum Gasteiger partial charge on any atom is -0.399 e. The number of nitrogens with two attached hydrogens (primary N) is 1. The van der Waals surface area contributed by atoms with Crippen LogP contribution < -0.4 is 5.73 Å². The summed E-state index contributed by atoms with van der Waals surface area (Å²) >= 11 is 0. The van der Waals surface area contributed by atoms with Crippen LogP contribution in [0.5, 0.6) is 0 Å². The van der Waals surface area contributed by atoms with Gasteiger partial charge in [-0.05, 0) is 60.9 Å². The van der Waals surface area contributed by atoms with Crippen LogP contribution in [0.3, 0.4) is 0 Å². The second-order valence-electron chi connectivity index (χ2n) is 5.14. The van der Waals surface area contributed by atoms with Crippen molar-refractivity contribution in [2.45, 2.75) is 51.9 Å². The molecule has 0 atom stereocenters. The molecule has 0 unspecified atom stereocenters. The van der Waals surface area contributed by atoms with Crippen LogP contribution >= 0.6 is 0 Å². The van der Waals surface area contributed by atoms with E-state index in [9.17, 15) is 0 Å². The van der Waals surface area contributed by atoms with Gasteiger partial charge in [0.1, 0.15) is 0 Å². The second kappa shape index (κ2) is 5.39. The molecule has 92 valence electrons. The summed E-state index contributed by atoms with van der Waals surface area (Å²) in [6.07, 6.45) is 10.9. The van der Waals surface area contributed by atoms with Gasteiger partial charge in [-0.2, -0.15) is 0 Å². The van der Waals surface area contributed by atoms with Crippen molar-refractivity contribution in [2.75, 3.05) is 5.73 Å². The quantitative estimate of drug-likeness (QED) is 0.577. The largest absolute Gasteiger partial charge is 0.399 e. The van der Waals surface area contributed by atoms with Gasteiger partial charge in [-0.1, -0.05) is 31.9 Å². The second-order valence-corrected chi connectivity index (χ2v) is 5.14. The van der Waals surface area contributed by atoms with Gasteiger partial charge >= 0.3 is 0 Å². The zero-order valence-corrected chi connectivity index (χ0v) is 11.0. The number of nitrogen functional groups attached to an aromatic ring is 1. The maximum Gasteiger partial charge on any atom is 0.0323 e. The molecule has 2 rings (SSSR count). The summed E-state index contributed by atoms with van der Waals surface area (Å²) in [5.41, 5.74) is 11.1. The van der Waals surface area contributed by atoms with Crippen molar-refractivity contribution in [3.05, 3.63) is 34.9 Å². The van der Waals surface area contributed by atoms with Crippen LogP contribution in [0.25, 0.3) is 6.08 Å². The number of allylic oxidation sites excluding steroid dienone is 1. The van der Waals surface area contributed by atoms with Gasteiger partial charge < -0.3 is 5.73 Å². The van der Waals surface area contributed by atoms with E-state index in [0.29, 0.717) is 0 Å². The summed E-state index contributed by atoms with van der Waals surface area (Å²) < 4.78 is 0. The Kier molecular flexibility index (Phi) is 3.88. The Bertz CT molecular complexity index is 414. The Balaban J connectivity index is 2.17. The SMILES string of the molecule is CCCC/C=C\c1cc(N)cc(C2CC2)c1C. The molecule has 0 aliphatic heterocycles. The lowest BCUT2D eigenvalue weighted by Crippen LogP contribution is -1.94. The first-order chi connectivity index (χ1) is 8.22. The molecule has 0 radical (unpaired) electrons. The van der Waals surface area contributed by atoms with Gasteiger partial charge in [0, 0.05) is 5.69 Å². The first-order valence-electron chi connectivity index (χ1n) is 6.79. The fourth-order valence-electron chi connectivity index (χ4n) is 2.31. The normalized spacial score (nSPS) is 15.6. The third-order valence-corrected chi connectivity index (χ3v) is 3.55. The molecule has 0 bridgehead atoms. The summed E-state index contributed by atoms with van der Waals surface area (Å²) in [6, 6.07) is 4.26. The predicted molar refractivity (Wildman–Crippen MR) is 76.1 cm³/mol. The lowest BCUT2D eigenvalue weighted by molar-refractivity contribution is 0.816. The van der Waals surface area contributed by atoms with Crippen LogP contribution in [0, 0.1) is 6.92 Å². The van der Waals surface area contributed by atoms with Gasteiger partial charge in [0.25, 0.3) is 0 Å². The molecule has 1 nitrogen and oxygen atoms in total.